The van der Waals surface area contributed by atoms with Gasteiger partial charge in [-0.3, -0.25) is 0 Å². The highest BCUT2D eigenvalue weighted by molar-refractivity contribution is 6.20. The van der Waals surface area contributed by atoms with Gasteiger partial charge in [0.1, 0.15) is 11.3 Å². The minimum absolute atomic E-state index is 0.117. The molecule has 0 radical (unpaired) electrons. The number of halogens is 1. The predicted octanol–water partition coefficient (Wildman–Crippen LogP) is 3.04. The molecule has 2 atom stereocenters. The minimum atomic E-state index is -0.117. The number of hydrogen-bond acceptors (Lipinski definition) is 3. The number of nitrogens with zero attached hydrogens (tertiary/aromatic N) is 4. The van der Waals surface area contributed by atoms with Crippen LogP contribution in [0.3, 0.4) is 0 Å². The second-order valence-corrected chi connectivity index (χ2v) is 6.06. The van der Waals surface area contributed by atoms with Crippen molar-refractivity contribution in [2.45, 2.75) is 58.2 Å². The second kappa shape index (κ2) is 5.37. The highest BCUT2D eigenvalue weighted by Crippen LogP contribution is 2.28. The average molecular weight is 297 g/mol. The Morgan fingerprint density at radius 1 is 1.50 bits per heavy atom. The van der Waals surface area contributed by atoms with Crippen molar-refractivity contribution in [1.29, 1.82) is 0 Å². The summed E-state index contributed by atoms with van der Waals surface area (Å²) < 4.78 is 9.98. The fraction of sp³-hybridized carbons (Fsp3) is 0.714. The molecule has 3 heterocycles. The summed E-state index contributed by atoms with van der Waals surface area (Å²) in [6, 6.07) is 0. The fourth-order valence-corrected chi connectivity index (χ4v) is 3.10. The average Bonchev–Trinajstić information content (AvgIpc) is 3.09. The van der Waals surface area contributed by atoms with Gasteiger partial charge in [-0.2, -0.15) is 5.10 Å². The number of fused-ring (bicyclic) bond motifs is 1. The molecule has 1 aliphatic rings. The SMILES string of the molecule is CCn1nc(C)c2nc(C(C)Cl)n(CC3CCCO3)c21. The van der Waals surface area contributed by atoms with E-state index in [0.717, 1.165) is 55.2 Å². The molecule has 2 aromatic heterocycles. The highest BCUT2D eigenvalue weighted by atomic mass is 35.5. The standard InChI is InChI=1S/C14H21ClN4O/c1-4-19-14-12(10(3)17-19)16-13(9(2)15)18(14)8-11-6-5-7-20-11/h9,11H,4-8H2,1-3H3. The Hall–Kier alpha value is -1.07. The summed E-state index contributed by atoms with van der Waals surface area (Å²) in [5, 5.41) is 4.44. The minimum Gasteiger partial charge on any atom is -0.376 e. The molecule has 6 heteroatoms. The lowest BCUT2D eigenvalue weighted by atomic mass is 10.2. The molecule has 1 aliphatic heterocycles. The fourth-order valence-electron chi connectivity index (χ4n) is 2.94. The molecule has 0 spiro atoms. The maximum absolute atomic E-state index is 6.32. The number of aromatic nitrogens is 4. The van der Waals surface area contributed by atoms with Crippen molar-refractivity contribution in [3.05, 3.63) is 11.5 Å². The van der Waals surface area contributed by atoms with Gasteiger partial charge in [0.05, 0.1) is 23.7 Å². The molecule has 20 heavy (non-hydrogen) atoms. The van der Waals surface area contributed by atoms with Crippen LogP contribution >= 0.6 is 11.6 Å². The van der Waals surface area contributed by atoms with Crippen LogP contribution in [0.2, 0.25) is 0 Å². The van der Waals surface area contributed by atoms with E-state index in [1.54, 1.807) is 0 Å². The first-order chi connectivity index (χ1) is 9.61. The normalized spacial score (nSPS) is 20.9. The van der Waals surface area contributed by atoms with Crippen LogP contribution in [0.25, 0.3) is 11.2 Å². The van der Waals surface area contributed by atoms with Crippen LogP contribution in [-0.4, -0.2) is 32.0 Å². The van der Waals surface area contributed by atoms with Gasteiger partial charge in [-0.25, -0.2) is 9.67 Å². The van der Waals surface area contributed by atoms with Crippen molar-refractivity contribution >= 4 is 22.8 Å². The Balaban J connectivity index is 2.11. The lowest BCUT2D eigenvalue weighted by Crippen LogP contribution is -2.19. The lowest BCUT2D eigenvalue weighted by Gasteiger charge is -2.15. The molecule has 2 aromatic rings. The summed E-state index contributed by atoms with van der Waals surface area (Å²) in [5.74, 6) is 0.917. The van der Waals surface area contributed by atoms with Crippen molar-refractivity contribution in [1.82, 2.24) is 19.3 Å². The Morgan fingerprint density at radius 3 is 2.90 bits per heavy atom. The Labute approximate surface area is 123 Å². The van der Waals surface area contributed by atoms with Crippen LogP contribution in [0.15, 0.2) is 0 Å². The Bertz CT molecular complexity index is 610. The smallest absolute Gasteiger partial charge is 0.159 e. The molecular formula is C14H21ClN4O. The van der Waals surface area contributed by atoms with E-state index in [-0.39, 0.29) is 11.5 Å². The third-order valence-electron chi connectivity index (χ3n) is 3.89. The summed E-state index contributed by atoms with van der Waals surface area (Å²) in [7, 11) is 0. The molecular weight excluding hydrogens is 276 g/mol. The van der Waals surface area contributed by atoms with Crippen molar-refractivity contribution < 1.29 is 4.74 Å². The molecule has 0 N–H and O–H groups in total. The van der Waals surface area contributed by atoms with Crippen molar-refractivity contribution in [2.75, 3.05) is 6.61 Å². The zero-order valence-electron chi connectivity index (χ0n) is 12.3. The van der Waals surface area contributed by atoms with Gasteiger partial charge >= 0.3 is 0 Å². The van der Waals surface area contributed by atoms with Crippen molar-refractivity contribution in [3.63, 3.8) is 0 Å². The number of imidazole rings is 1. The quantitative estimate of drug-likeness (QED) is 0.815. The number of aryl methyl sites for hydroxylation is 2. The first-order valence-electron chi connectivity index (χ1n) is 7.31. The molecule has 1 saturated heterocycles. The largest absolute Gasteiger partial charge is 0.376 e. The first-order valence-corrected chi connectivity index (χ1v) is 7.74. The van der Waals surface area contributed by atoms with E-state index < -0.39 is 0 Å². The van der Waals surface area contributed by atoms with Crippen molar-refractivity contribution in [2.24, 2.45) is 0 Å². The van der Waals surface area contributed by atoms with E-state index in [9.17, 15) is 0 Å². The monoisotopic (exact) mass is 296 g/mol. The van der Waals surface area contributed by atoms with Gasteiger partial charge in [-0.1, -0.05) is 0 Å². The second-order valence-electron chi connectivity index (χ2n) is 5.41. The Kier molecular flexibility index (Phi) is 3.73. The van der Waals surface area contributed by atoms with Crippen LogP contribution < -0.4 is 0 Å². The number of alkyl halides is 1. The summed E-state index contributed by atoms with van der Waals surface area (Å²) in [5.41, 5.74) is 3.00. The zero-order valence-corrected chi connectivity index (χ0v) is 13.0. The first kappa shape index (κ1) is 13.9. The topological polar surface area (TPSA) is 44.9 Å². The predicted molar refractivity (Wildman–Crippen MR) is 79.2 cm³/mol. The van der Waals surface area contributed by atoms with Gasteiger partial charge in [0.15, 0.2) is 5.65 Å². The van der Waals surface area contributed by atoms with Crippen LogP contribution in [0.1, 0.15) is 43.6 Å². The van der Waals surface area contributed by atoms with Gasteiger partial charge in [-0.05, 0) is 33.6 Å². The van der Waals surface area contributed by atoms with E-state index in [2.05, 4.69) is 16.6 Å². The molecule has 0 aliphatic carbocycles. The van der Waals surface area contributed by atoms with E-state index in [4.69, 9.17) is 21.3 Å². The van der Waals surface area contributed by atoms with Crippen LogP contribution in [0.5, 0.6) is 0 Å². The molecule has 110 valence electrons. The molecule has 0 bridgehead atoms. The molecule has 1 fully saturated rings. The lowest BCUT2D eigenvalue weighted by molar-refractivity contribution is 0.0969. The molecule has 0 aromatic carbocycles. The highest BCUT2D eigenvalue weighted by Gasteiger charge is 2.24. The molecule has 0 amide bonds. The van der Waals surface area contributed by atoms with Gasteiger partial charge in [0.25, 0.3) is 0 Å². The number of hydrogen-bond donors (Lipinski definition) is 0. The van der Waals surface area contributed by atoms with Crippen LogP contribution in [0, 0.1) is 6.92 Å². The summed E-state index contributed by atoms with van der Waals surface area (Å²) >= 11 is 6.32. The van der Waals surface area contributed by atoms with Crippen LogP contribution in [0.4, 0.5) is 0 Å². The molecule has 3 rings (SSSR count). The van der Waals surface area contributed by atoms with Gasteiger partial charge < -0.3 is 9.30 Å². The van der Waals surface area contributed by atoms with E-state index in [0.29, 0.717) is 0 Å². The van der Waals surface area contributed by atoms with Crippen molar-refractivity contribution in [3.8, 4) is 0 Å². The van der Waals surface area contributed by atoms with Gasteiger partial charge in [0.2, 0.25) is 0 Å². The third kappa shape index (κ3) is 2.23. The Morgan fingerprint density at radius 2 is 2.30 bits per heavy atom. The van der Waals surface area contributed by atoms with E-state index in [1.165, 1.54) is 0 Å². The molecule has 5 nitrogen and oxygen atoms in total. The van der Waals surface area contributed by atoms with Crippen LogP contribution in [-0.2, 0) is 17.8 Å². The zero-order chi connectivity index (χ0) is 14.3. The van der Waals surface area contributed by atoms with E-state index >= 15 is 0 Å². The molecule has 2 unspecified atom stereocenters. The number of ether oxygens (including phenoxy) is 1. The maximum Gasteiger partial charge on any atom is 0.159 e. The maximum atomic E-state index is 6.32. The van der Waals surface area contributed by atoms with Gasteiger partial charge in [0, 0.05) is 13.2 Å². The summed E-state index contributed by atoms with van der Waals surface area (Å²) in [6.07, 6.45) is 2.51. The molecule has 0 saturated carbocycles. The number of rotatable bonds is 4. The van der Waals surface area contributed by atoms with Gasteiger partial charge in [-0.15, -0.1) is 11.6 Å². The summed E-state index contributed by atoms with van der Waals surface area (Å²) in [4.78, 5) is 4.71. The van der Waals surface area contributed by atoms with E-state index in [1.807, 2.05) is 18.5 Å². The summed E-state index contributed by atoms with van der Waals surface area (Å²) in [6.45, 7) is 8.57. The third-order valence-corrected chi connectivity index (χ3v) is 4.09.